The number of nitrogens with one attached hydrogen (secondary N) is 1. The van der Waals surface area contributed by atoms with E-state index in [1.807, 2.05) is 10.9 Å². The van der Waals surface area contributed by atoms with Crippen molar-refractivity contribution in [2.24, 2.45) is 5.92 Å². The minimum absolute atomic E-state index is 0.200. The fourth-order valence-corrected chi connectivity index (χ4v) is 4.72. The lowest BCUT2D eigenvalue weighted by molar-refractivity contribution is 0.150. The summed E-state index contributed by atoms with van der Waals surface area (Å²) in [6, 6.07) is 2.56. The van der Waals surface area contributed by atoms with Gasteiger partial charge in [0.05, 0.1) is 42.7 Å². The minimum Gasteiger partial charge on any atom is -0.335 e. The molecule has 0 radical (unpaired) electrons. The molecule has 4 aromatic rings. The van der Waals surface area contributed by atoms with Crippen molar-refractivity contribution in [3.05, 3.63) is 60.3 Å². The molecule has 3 aromatic heterocycles. The summed E-state index contributed by atoms with van der Waals surface area (Å²) in [7, 11) is -3.40. The summed E-state index contributed by atoms with van der Waals surface area (Å²) in [5, 5.41) is 7.65. The maximum Gasteiger partial charge on any atom is 0.264 e. The van der Waals surface area contributed by atoms with E-state index >= 15 is 0 Å². The van der Waals surface area contributed by atoms with E-state index in [-0.39, 0.29) is 18.2 Å². The Morgan fingerprint density at radius 3 is 2.74 bits per heavy atom. The molecule has 0 aliphatic heterocycles. The standard InChI is InChI=1S/C23H24F2N6O3S/c1-14-7-18(20(25)10-19(14)24)21-12-27-22(23-26-4-5-30(21)23)29-16-11-28-31(13-16)17-8-15(9-17)3-6-34-35(2,32)33/h4-5,7,10-13,15,17H,3,6,8-9H2,1-2H3,(H,27,29)/t15-,17+. The minimum atomic E-state index is -3.40. The van der Waals surface area contributed by atoms with E-state index in [0.29, 0.717) is 35.1 Å². The third-order valence-electron chi connectivity index (χ3n) is 6.22. The van der Waals surface area contributed by atoms with Crippen LogP contribution in [0.15, 0.2) is 43.1 Å². The second kappa shape index (κ2) is 9.00. The Morgan fingerprint density at radius 1 is 1.17 bits per heavy atom. The summed E-state index contributed by atoms with van der Waals surface area (Å²) in [5.41, 5.74) is 2.25. The summed E-state index contributed by atoms with van der Waals surface area (Å²) in [5.74, 6) is -0.400. The van der Waals surface area contributed by atoms with Gasteiger partial charge in [0, 0.05) is 30.2 Å². The Hall–Kier alpha value is -3.38. The van der Waals surface area contributed by atoms with Crippen LogP contribution >= 0.6 is 0 Å². The first-order chi connectivity index (χ1) is 16.7. The van der Waals surface area contributed by atoms with E-state index in [9.17, 15) is 17.2 Å². The average Bonchev–Trinajstić information content (AvgIpc) is 3.42. The highest BCUT2D eigenvalue weighted by molar-refractivity contribution is 7.85. The molecule has 184 valence electrons. The number of aryl methyl sites for hydroxylation is 1. The monoisotopic (exact) mass is 502 g/mol. The normalized spacial score (nSPS) is 18.1. The van der Waals surface area contributed by atoms with Crippen LogP contribution in [0.5, 0.6) is 0 Å². The van der Waals surface area contributed by atoms with Gasteiger partial charge in [-0.1, -0.05) is 0 Å². The molecule has 1 saturated carbocycles. The summed E-state index contributed by atoms with van der Waals surface area (Å²) in [4.78, 5) is 8.80. The molecule has 0 bridgehead atoms. The van der Waals surface area contributed by atoms with E-state index in [1.54, 1.807) is 29.9 Å². The number of benzene rings is 1. The fraction of sp³-hybridized carbons (Fsp3) is 0.348. The summed E-state index contributed by atoms with van der Waals surface area (Å²) in [6.07, 6.45) is 11.9. The number of fused-ring (bicyclic) bond motifs is 1. The largest absolute Gasteiger partial charge is 0.335 e. The molecule has 1 N–H and O–H groups in total. The lowest BCUT2D eigenvalue weighted by Crippen LogP contribution is -2.28. The van der Waals surface area contributed by atoms with Gasteiger partial charge in [0.15, 0.2) is 11.5 Å². The first-order valence-corrected chi connectivity index (χ1v) is 12.9. The SMILES string of the molecule is Cc1cc(-c2cnc(Nc3cnn([C@H]4C[C@@H](CCOS(C)(=O)=O)C4)c3)c3nccn23)c(F)cc1F. The molecule has 0 unspecified atom stereocenters. The Kier molecular flexibility index (Phi) is 6.01. The van der Waals surface area contributed by atoms with Crippen molar-refractivity contribution in [3.8, 4) is 11.3 Å². The third kappa shape index (κ3) is 4.89. The predicted octanol–water partition coefficient (Wildman–Crippen LogP) is 4.24. The fourth-order valence-electron chi connectivity index (χ4n) is 4.32. The van der Waals surface area contributed by atoms with Crippen molar-refractivity contribution in [2.45, 2.75) is 32.2 Å². The molecule has 3 heterocycles. The quantitative estimate of drug-likeness (QED) is 0.360. The molecule has 0 amide bonds. The van der Waals surface area contributed by atoms with Gasteiger partial charge in [-0.25, -0.2) is 18.7 Å². The van der Waals surface area contributed by atoms with Crippen LogP contribution in [0.3, 0.4) is 0 Å². The summed E-state index contributed by atoms with van der Waals surface area (Å²) < 4.78 is 58.8. The van der Waals surface area contributed by atoms with E-state index < -0.39 is 21.8 Å². The average molecular weight is 503 g/mol. The lowest BCUT2D eigenvalue weighted by atomic mass is 9.78. The third-order valence-corrected chi connectivity index (χ3v) is 6.82. The molecule has 1 fully saturated rings. The van der Waals surface area contributed by atoms with Crippen molar-refractivity contribution in [1.29, 1.82) is 0 Å². The molecule has 0 saturated heterocycles. The topological polar surface area (TPSA) is 103 Å². The first-order valence-electron chi connectivity index (χ1n) is 11.1. The Balaban J connectivity index is 1.29. The van der Waals surface area contributed by atoms with Gasteiger partial charge < -0.3 is 5.32 Å². The molecule has 5 rings (SSSR count). The molecule has 9 nitrogen and oxygen atoms in total. The van der Waals surface area contributed by atoms with Gasteiger partial charge in [-0.2, -0.15) is 13.5 Å². The van der Waals surface area contributed by atoms with Crippen molar-refractivity contribution in [2.75, 3.05) is 18.2 Å². The van der Waals surface area contributed by atoms with Gasteiger partial charge in [0.2, 0.25) is 0 Å². The van der Waals surface area contributed by atoms with Crippen LogP contribution in [-0.2, 0) is 14.3 Å². The molecule has 0 spiro atoms. The zero-order valence-electron chi connectivity index (χ0n) is 19.1. The summed E-state index contributed by atoms with van der Waals surface area (Å²) >= 11 is 0. The first kappa shape index (κ1) is 23.4. The van der Waals surface area contributed by atoms with Crippen molar-refractivity contribution >= 4 is 27.3 Å². The maximum absolute atomic E-state index is 14.5. The Bertz CT molecular complexity index is 1490. The number of hydrogen-bond donors (Lipinski definition) is 1. The second-order valence-corrected chi connectivity index (χ2v) is 10.5. The second-order valence-electron chi connectivity index (χ2n) is 8.83. The van der Waals surface area contributed by atoms with Crippen LogP contribution in [0.2, 0.25) is 0 Å². The van der Waals surface area contributed by atoms with Crippen molar-refractivity contribution < 1.29 is 21.4 Å². The zero-order valence-corrected chi connectivity index (χ0v) is 20.0. The number of aromatic nitrogens is 5. The van der Waals surface area contributed by atoms with Crippen LogP contribution in [0.1, 0.15) is 30.9 Å². The van der Waals surface area contributed by atoms with Crippen molar-refractivity contribution in [1.82, 2.24) is 24.1 Å². The Morgan fingerprint density at radius 2 is 1.97 bits per heavy atom. The van der Waals surface area contributed by atoms with Gasteiger partial charge in [0.1, 0.15) is 11.6 Å². The molecule has 1 aliphatic carbocycles. The molecular weight excluding hydrogens is 478 g/mol. The molecule has 1 aromatic carbocycles. The van der Waals surface area contributed by atoms with Gasteiger partial charge >= 0.3 is 0 Å². The van der Waals surface area contributed by atoms with Crippen molar-refractivity contribution in [3.63, 3.8) is 0 Å². The Labute approximate surface area is 200 Å². The van der Waals surface area contributed by atoms with Gasteiger partial charge in [0.25, 0.3) is 10.1 Å². The molecule has 12 heteroatoms. The highest BCUT2D eigenvalue weighted by Crippen LogP contribution is 2.40. The number of anilines is 2. The van der Waals surface area contributed by atoms with E-state index in [4.69, 9.17) is 4.18 Å². The van der Waals surface area contributed by atoms with Gasteiger partial charge in [-0.3, -0.25) is 13.3 Å². The number of halogens is 2. The number of imidazole rings is 1. The number of hydrogen-bond acceptors (Lipinski definition) is 7. The van der Waals surface area contributed by atoms with E-state index in [2.05, 4.69) is 20.4 Å². The van der Waals surface area contributed by atoms with E-state index in [0.717, 1.165) is 30.9 Å². The highest BCUT2D eigenvalue weighted by atomic mass is 32.2. The van der Waals surface area contributed by atoms with E-state index in [1.165, 1.54) is 12.3 Å². The predicted molar refractivity (Wildman–Crippen MR) is 126 cm³/mol. The van der Waals surface area contributed by atoms with Gasteiger partial charge in [-0.15, -0.1) is 0 Å². The van der Waals surface area contributed by atoms with Crippen LogP contribution in [0.4, 0.5) is 20.3 Å². The van der Waals surface area contributed by atoms with Crippen LogP contribution in [0.25, 0.3) is 16.9 Å². The number of nitrogens with zero attached hydrogens (tertiary/aromatic N) is 5. The van der Waals surface area contributed by atoms with Crippen LogP contribution in [-0.4, -0.2) is 45.4 Å². The molecule has 1 aliphatic rings. The zero-order chi connectivity index (χ0) is 24.7. The lowest BCUT2D eigenvalue weighted by Gasteiger charge is -2.35. The molecule has 0 atom stereocenters. The highest BCUT2D eigenvalue weighted by Gasteiger charge is 2.31. The molecule has 35 heavy (non-hydrogen) atoms. The molecular formula is C23H24F2N6O3S. The van der Waals surface area contributed by atoms with Crippen LogP contribution < -0.4 is 5.32 Å². The number of rotatable bonds is 8. The smallest absolute Gasteiger partial charge is 0.264 e. The van der Waals surface area contributed by atoms with Crippen LogP contribution in [0, 0.1) is 24.5 Å². The summed E-state index contributed by atoms with van der Waals surface area (Å²) in [6.45, 7) is 1.78. The maximum atomic E-state index is 14.5. The van der Waals surface area contributed by atoms with Gasteiger partial charge in [-0.05, 0) is 43.7 Å².